The highest BCUT2D eigenvalue weighted by molar-refractivity contribution is 5.82. The Morgan fingerprint density at radius 3 is 2.05 bits per heavy atom. The molecule has 5 heteroatoms. The molecule has 1 aliphatic heterocycles. The molecule has 3 amide bonds. The SMILES string of the molecule is C[C@H]1CCCC[C@@H]1NC(=O)N1CCN(C(=O)C(C)(C)C)CC1. The predicted octanol–water partition coefficient (Wildman–Crippen LogP) is 2.47. The molecule has 1 N–H and O–H groups in total. The zero-order chi connectivity index (χ0) is 16.3. The van der Waals surface area contributed by atoms with E-state index in [1.807, 2.05) is 30.6 Å². The largest absolute Gasteiger partial charge is 0.339 e. The van der Waals surface area contributed by atoms with E-state index in [0.717, 1.165) is 6.42 Å². The lowest BCUT2D eigenvalue weighted by Crippen LogP contribution is -2.56. The van der Waals surface area contributed by atoms with Gasteiger partial charge in [-0.15, -0.1) is 0 Å². The van der Waals surface area contributed by atoms with E-state index in [-0.39, 0.29) is 17.4 Å². The van der Waals surface area contributed by atoms with Gasteiger partial charge in [-0.05, 0) is 18.8 Å². The van der Waals surface area contributed by atoms with E-state index in [2.05, 4.69) is 12.2 Å². The summed E-state index contributed by atoms with van der Waals surface area (Å²) in [5.41, 5.74) is -0.345. The van der Waals surface area contributed by atoms with Gasteiger partial charge in [0.25, 0.3) is 0 Å². The maximum absolute atomic E-state index is 12.4. The molecule has 0 bridgehead atoms. The number of amides is 3. The van der Waals surface area contributed by atoms with Gasteiger partial charge in [-0.1, -0.05) is 40.5 Å². The van der Waals surface area contributed by atoms with Gasteiger partial charge in [-0.3, -0.25) is 4.79 Å². The van der Waals surface area contributed by atoms with Crippen molar-refractivity contribution in [1.82, 2.24) is 15.1 Å². The topological polar surface area (TPSA) is 52.7 Å². The van der Waals surface area contributed by atoms with Gasteiger partial charge < -0.3 is 15.1 Å². The van der Waals surface area contributed by atoms with E-state index in [1.54, 1.807) is 0 Å². The molecule has 2 fully saturated rings. The molecular weight excluding hydrogens is 278 g/mol. The molecule has 126 valence electrons. The number of piperazine rings is 1. The lowest BCUT2D eigenvalue weighted by molar-refractivity contribution is -0.140. The molecule has 2 atom stereocenters. The smallest absolute Gasteiger partial charge is 0.317 e. The van der Waals surface area contributed by atoms with Crippen LogP contribution in [0.2, 0.25) is 0 Å². The van der Waals surface area contributed by atoms with Gasteiger partial charge in [0.15, 0.2) is 0 Å². The van der Waals surface area contributed by atoms with Crippen LogP contribution < -0.4 is 5.32 Å². The Hall–Kier alpha value is -1.26. The zero-order valence-electron chi connectivity index (χ0n) is 14.5. The Morgan fingerprint density at radius 1 is 0.955 bits per heavy atom. The average molecular weight is 309 g/mol. The normalized spacial score (nSPS) is 26.7. The van der Waals surface area contributed by atoms with Gasteiger partial charge in [-0.25, -0.2) is 4.79 Å². The highest BCUT2D eigenvalue weighted by Crippen LogP contribution is 2.24. The van der Waals surface area contributed by atoms with Crippen molar-refractivity contribution in [2.75, 3.05) is 26.2 Å². The quantitative estimate of drug-likeness (QED) is 0.809. The molecule has 1 saturated heterocycles. The van der Waals surface area contributed by atoms with Crippen molar-refractivity contribution in [1.29, 1.82) is 0 Å². The lowest BCUT2D eigenvalue weighted by atomic mass is 9.86. The summed E-state index contributed by atoms with van der Waals surface area (Å²) >= 11 is 0. The van der Waals surface area contributed by atoms with Crippen molar-refractivity contribution in [3.05, 3.63) is 0 Å². The van der Waals surface area contributed by atoms with Crippen LogP contribution in [0.15, 0.2) is 0 Å². The Bertz CT molecular complexity index is 409. The number of hydrogen-bond donors (Lipinski definition) is 1. The van der Waals surface area contributed by atoms with E-state index in [9.17, 15) is 9.59 Å². The van der Waals surface area contributed by atoms with Gasteiger partial charge in [0.2, 0.25) is 5.91 Å². The van der Waals surface area contributed by atoms with Crippen LogP contribution in [-0.2, 0) is 4.79 Å². The molecule has 1 heterocycles. The summed E-state index contributed by atoms with van der Waals surface area (Å²) in [4.78, 5) is 28.4. The first-order valence-corrected chi connectivity index (χ1v) is 8.64. The summed E-state index contributed by atoms with van der Waals surface area (Å²) in [7, 11) is 0. The molecule has 2 rings (SSSR count). The van der Waals surface area contributed by atoms with Crippen molar-refractivity contribution >= 4 is 11.9 Å². The number of nitrogens with one attached hydrogen (secondary N) is 1. The number of urea groups is 1. The fraction of sp³-hybridized carbons (Fsp3) is 0.882. The molecule has 1 saturated carbocycles. The highest BCUT2D eigenvalue weighted by atomic mass is 16.2. The molecule has 0 spiro atoms. The molecule has 1 aliphatic carbocycles. The Labute approximate surface area is 134 Å². The summed E-state index contributed by atoms with van der Waals surface area (Å²) < 4.78 is 0. The van der Waals surface area contributed by atoms with E-state index in [0.29, 0.717) is 38.1 Å². The van der Waals surface area contributed by atoms with E-state index in [4.69, 9.17) is 0 Å². The summed E-state index contributed by atoms with van der Waals surface area (Å²) in [6, 6.07) is 0.358. The van der Waals surface area contributed by atoms with Crippen LogP contribution in [0, 0.1) is 11.3 Å². The van der Waals surface area contributed by atoms with Crippen molar-refractivity contribution in [2.45, 2.75) is 59.4 Å². The van der Waals surface area contributed by atoms with Crippen LogP contribution >= 0.6 is 0 Å². The fourth-order valence-corrected chi connectivity index (χ4v) is 3.37. The molecule has 0 aromatic rings. The second-order valence-corrected chi connectivity index (χ2v) is 7.85. The third kappa shape index (κ3) is 4.14. The van der Waals surface area contributed by atoms with Crippen molar-refractivity contribution in [3.8, 4) is 0 Å². The third-order valence-electron chi connectivity index (χ3n) is 4.92. The van der Waals surface area contributed by atoms with Gasteiger partial charge in [0.1, 0.15) is 0 Å². The first-order valence-electron chi connectivity index (χ1n) is 8.64. The molecule has 0 unspecified atom stereocenters. The summed E-state index contributed by atoms with van der Waals surface area (Å²) in [5, 5.41) is 3.20. The monoisotopic (exact) mass is 309 g/mol. The fourth-order valence-electron chi connectivity index (χ4n) is 3.37. The second-order valence-electron chi connectivity index (χ2n) is 7.85. The third-order valence-corrected chi connectivity index (χ3v) is 4.92. The average Bonchev–Trinajstić information content (AvgIpc) is 2.48. The maximum Gasteiger partial charge on any atom is 0.317 e. The van der Waals surface area contributed by atoms with E-state index >= 15 is 0 Å². The van der Waals surface area contributed by atoms with Crippen LogP contribution in [0.4, 0.5) is 4.79 Å². The van der Waals surface area contributed by atoms with Gasteiger partial charge in [0, 0.05) is 37.6 Å². The lowest BCUT2D eigenvalue weighted by Gasteiger charge is -2.39. The van der Waals surface area contributed by atoms with Crippen LogP contribution in [0.5, 0.6) is 0 Å². The molecule has 0 aromatic heterocycles. The van der Waals surface area contributed by atoms with E-state index < -0.39 is 0 Å². The van der Waals surface area contributed by atoms with Gasteiger partial charge >= 0.3 is 6.03 Å². The summed E-state index contributed by atoms with van der Waals surface area (Å²) in [5.74, 6) is 0.745. The Kier molecular flexibility index (Phi) is 5.35. The molecule has 22 heavy (non-hydrogen) atoms. The molecule has 2 aliphatic rings. The molecule has 0 radical (unpaired) electrons. The molecule has 0 aromatic carbocycles. The molecule has 5 nitrogen and oxygen atoms in total. The van der Waals surface area contributed by atoms with Crippen LogP contribution in [-0.4, -0.2) is 54.0 Å². The van der Waals surface area contributed by atoms with Crippen molar-refractivity contribution < 1.29 is 9.59 Å². The number of nitrogens with zero attached hydrogens (tertiary/aromatic N) is 2. The van der Waals surface area contributed by atoms with Crippen molar-refractivity contribution in [2.24, 2.45) is 11.3 Å². The number of rotatable bonds is 1. The molecular formula is C17H31N3O2. The van der Waals surface area contributed by atoms with E-state index in [1.165, 1.54) is 19.3 Å². The summed E-state index contributed by atoms with van der Waals surface area (Å²) in [6.45, 7) is 10.6. The first-order chi connectivity index (χ1) is 10.3. The summed E-state index contributed by atoms with van der Waals surface area (Å²) in [6.07, 6.45) is 4.79. The minimum atomic E-state index is -0.345. The second kappa shape index (κ2) is 6.88. The zero-order valence-corrected chi connectivity index (χ0v) is 14.5. The minimum absolute atomic E-state index is 0.0432. The van der Waals surface area contributed by atoms with Gasteiger partial charge in [0.05, 0.1) is 0 Å². The highest BCUT2D eigenvalue weighted by Gasteiger charge is 2.32. The Morgan fingerprint density at radius 2 is 1.50 bits per heavy atom. The van der Waals surface area contributed by atoms with Crippen molar-refractivity contribution in [3.63, 3.8) is 0 Å². The standard InChI is InChI=1S/C17H31N3O2/c1-13-7-5-6-8-14(13)18-16(22)20-11-9-19(10-12-20)15(21)17(2,3)4/h13-14H,5-12H2,1-4H3,(H,18,22)/t13-,14-/m0/s1. The first kappa shape index (κ1) is 17.1. The van der Waals surface area contributed by atoms with Crippen LogP contribution in [0.1, 0.15) is 53.4 Å². The van der Waals surface area contributed by atoms with Crippen LogP contribution in [0.25, 0.3) is 0 Å². The number of hydrogen-bond acceptors (Lipinski definition) is 2. The Balaban J connectivity index is 1.81. The number of carbonyl (C=O) groups is 2. The number of carbonyl (C=O) groups excluding carboxylic acids is 2. The minimum Gasteiger partial charge on any atom is -0.339 e. The van der Waals surface area contributed by atoms with Gasteiger partial charge in [-0.2, -0.15) is 0 Å². The van der Waals surface area contributed by atoms with Crippen LogP contribution in [0.3, 0.4) is 0 Å². The predicted molar refractivity (Wildman–Crippen MR) is 87.6 cm³/mol. The maximum atomic E-state index is 12.4.